The molecule has 1 aliphatic carbocycles. The van der Waals surface area contributed by atoms with E-state index in [1.807, 2.05) is 18.3 Å². The normalized spacial score (nSPS) is 18.2. The second-order valence-electron chi connectivity index (χ2n) is 9.94. The standard InChI is InChI=1S/C29H28F2N4O3S/c1-32-26-16-24(30)25(31)17-28(26)39(37,38)35-15-14-27(35)29(36)34(23-10-6-3-7-11-23)19-22-13-12-21(18-33-22)20-8-4-2-5-9-20/h3,6-7,10-13,16-18,20,27H,2,4-5,8-9,14-15,19H2/t27-/m1/s1. The van der Waals surface area contributed by atoms with Gasteiger partial charge in [0.2, 0.25) is 21.6 Å². The number of hydrogen-bond acceptors (Lipinski definition) is 4. The topological polar surface area (TPSA) is 74.9 Å². The van der Waals surface area contributed by atoms with Gasteiger partial charge in [-0.25, -0.2) is 22.0 Å². The number of carbonyl (C=O) groups excluding carboxylic acids is 1. The van der Waals surface area contributed by atoms with E-state index in [0.29, 0.717) is 29.4 Å². The molecule has 2 fully saturated rings. The minimum atomic E-state index is -4.44. The van der Waals surface area contributed by atoms with Gasteiger partial charge in [0, 0.05) is 18.4 Å². The number of halogens is 2. The molecule has 7 nitrogen and oxygen atoms in total. The summed E-state index contributed by atoms with van der Waals surface area (Å²) >= 11 is 0. The molecule has 1 amide bonds. The van der Waals surface area contributed by atoms with Crippen molar-refractivity contribution in [3.8, 4) is 0 Å². The van der Waals surface area contributed by atoms with Crippen molar-refractivity contribution in [1.29, 1.82) is 0 Å². The Labute approximate surface area is 227 Å². The Kier molecular flexibility index (Phi) is 7.73. The third-order valence-corrected chi connectivity index (χ3v) is 9.48. The number of anilines is 1. The van der Waals surface area contributed by atoms with Gasteiger partial charge in [-0.1, -0.05) is 43.5 Å². The number of carbonyl (C=O) groups is 1. The predicted octanol–water partition coefficient (Wildman–Crippen LogP) is 5.95. The molecule has 1 saturated heterocycles. The van der Waals surface area contributed by atoms with Crippen molar-refractivity contribution in [2.24, 2.45) is 0 Å². The quantitative estimate of drug-likeness (QED) is 0.341. The zero-order valence-corrected chi connectivity index (χ0v) is 22.1. The van der Waals surface area contributed by atoms with Crippen molar-refractivity contribution < 1.29 is 22.0 Å². The van der Waals surface area contributed by atoms with Gasteiger partial charge in [-0.3, -0.25) is 9.78 Å². The van der Waals surface area contributed by atoms with Crippen LogP contribution in [0.4, 0.5) is 20.2 Å². The third-order valence-electron chi connectivity index (χ3n) is 7.54. The van der Waals surface area contributed by atoms with Gasteiger partial charge >= 0.3 is 0 Å². The number of amides is 1. The van der Waals surface area contributed by atoms with Crippen molar-refractivity contribution in [3.63, 3.8) is 0 Å². The van der Waals surface area contributed by atoms with Crippen molar-refractivity contribution in [3.05, 3.63) is 95.1 Å². The maximum absolute atomic E-state index is 14.0. The van der Waals surface area contributed by atoms with Crippen LogP contribution in [0.5, 0.6) is 0 Å². The summed E-state index contributed by atoms with van der Waals surface area (Å²) in [5, 5.41) is 0. The fraction of sp³-hybridized carbons (Fsp3) is 0.345. The molecule has 202 valence electrons. The Hall–Kier alpha value is -3.68. The Bertz CT molecular complexity index is 1500. The average molecular weight is 551 g/mol. The molecule has 1 aliphatic heterocycles. The summed E-state index contributed by atoms with van der Waals surface area (Å²) in [7, 11) is -4.44. The fourth-order valence-corrected chi connectivity index (χ4v) is 7.04. The minimum absolute atomic E-state index is 0.0200. The Morgan fingerprint density at radius 3 is 2.36 bits per heavy atom. The van der Waals surface area contributed by atoms with Crippen LogP contribution in [0.3, 0.4) is 0 Å². The van der Waals surface area contributed by atoms with E-state index in [-0.39, 0.29) is 19.5 Å². The summed E-state index contributed by atoms with van der Waals surface area (Å²) in [6, 6.07) is 12.9. The molecule has 0 spiro atoms. The fourth-order valence-electron chi connectivity index (χ4n) is 5.29. The van der Waals surface area contributed by atoms with Gasteiger partial charge in [0.05, 0.1) is 23.7 Å². The molecule has 0 radical (unpaired) electrons. The van der Waals surface area contributed by atoms with Crippen molar-refractivity contribution >= 4 is 27.3 Å². The van der Waals surface area contributed by atoms with E-state index in [0.717, 1.165) is 17.1 Å². The zero-order valence-electron chi connectivity index (χ0n) is 21.3. The molecule has 5 rings (SSSR count). The van der Waals surface area contributed by atoms with Crippen LogP contribution in [-0.4, -0.2) is 36.2 Å². The highest BCUT2D eigenvalue weighted by molar-refractivity contribution is 7.89. The molecule has 3 aromatic rings. The summed E-state index contributed by atoms with van der Waals surface area (Å²) in [6.45, 7) is 7.39. The lowest BCUT2D eigenvalue weighted by Crippen LogP contribution is -2.59. The highest BCUT2D eigenvalue weighted by Gasteiger charge is 2.45. The number of hydrogen-bond donors (Lipinski definition) is 0. The van der Waals surface area contributed by atoms with Gasteiger partial charge in [-0.15, -0.1) is 0 Å². The maximum atomic E-state index is 14.0. The lowest BCUT2D eigenvalue weighted by Gasteiger charge is -2.41. The lowest BCUT2D eigenvalue weighted by atomic mass is 9.85. The molecule has 1 atom stereocenters. The number of nitrogens with zero attached hydrogens (tertiary/aromatic N) is 4. The molecule has 10 heteroatoms. The van der Waals surface area contributed by atoms with Gasteiger partial charge in [0.1, 0.15) is 11.9 Å². The van der Waals surface area contributed by atoms with Crippen LogP contribution in [0.15, 0.2) is 65.7 Å². The van der Waals surface area contributed by atoms with Crippen LogP contribution >= 0.6 is 0 Å². The van der Waals surface area contributed by atoms with Crippen LogP contribution in [0.2, 0.25) is 0 Å². The largest absolute Gasteiger partial charge is 0.305 e. The van der Waals surface area contributed by atoms with E-state index in [4.69, 9.17) is 6.57 Å². The number of para-hydroxylation sites is 1. The highest BCUT2D eigenvalue weighted by Crippen LogP contribution is 2.36. The van der Waals surface area contributed by atoms with Gasteiger partial charge in [0.25, 0.3) is 0 Å². The second-order valence-corrected chi connectivity index (χ2v) is 11.8. The van der Waals surface area contributed by atoms with E-state index >= 15 is 0 Å². The molecule has 2 aliphatic rings. The summed E-state index contributed by atoms with van der Waals surface area (Å²) in [5.41, 5.74) is 1.90. The Morgan fingerprint density at radius 2 is 1.74 bits per heavy atom. The highest BCUT2D eigenvalue weighted by atomic mass is 32.2. The number of rotatable bonds is 7. The molecule has 39 heavy (non-hydrogen) atoms. The molecule has 1 saturated carbocycles. The first-order valence-corrected chi connectivity index (χ1v) is 14.4. The summed E-state index contributed by atoms with van der Waals surface area (Å²) < 4.78 is 55.4. The maximum Gasteiger partial charge on any atom is 0.245 e. The van der Waals surface area contributed by atoms with Gasteiger partial charge < -0.3 is 4.90 Å². The second kappa shape index (κ2) is 11.2. The summed E-state index contributed by atoms with van der Waals surface area (Å²) in [5.74, 6) is -2.65. The molecule has 1 aromatic heterocycles. The first-order chi connectivity index (χ1) is 18.8. The lowest BCUT2D eigenvalue weighted by molar-refractivity contribution is -0.125. The van der Waals surface area contributed by atoms with E-state index in [1.54, 1.807) is 24.3 Å². The number of aromatic nitrogens is 1. The van der Waals surface area contributed by atoms with Gasteiger partial charge in [-0.05, 0) is 61.1 Å². The molecule has 2 heterocycles. The first-order valence-electron chi connectivity index (χ1n) is 13.0. The van der Waals surface area contributed by atoms with E-state index in [9.17, 15) is 22.0 Å². The SMILES string of the molecule is [C-]#[N+]c1cc(F)c(F)cc1S(=O)(=O)N1CC[C@@H]1C(=O)N(Cc1ccc(C2CCCCC2)cn1)c1ccccc1. The van der Waals surface area contributed by atoms with E-state index in [2.05, 4.69) is 15.9 Å². The van der Waals surface area contributed by atoms with Crippen LogP contribution in [0.1, 0.15) is 55.7 Å². The average Bonchev–Trinajstić information content (AvgIpc) is 2.93. The smallest absolute Gasteiger partial charge is 0.245 e. The molecule has 0 N–H and O–H groups in total. The number of sulfonamides is 1. The Balaban J connectivity index is 1.41. The summed E-state index contributed by atoms with van der Waals surface area (Å²) in [4.78, 5) is 22.3. The van der Waals surface area contributed by atoms with Crippen LogP contribution in [0.25, 0.3) is 4.85 Å². The number of benzene rings is 2. The van der Waals surface area contributed by atoms with Crippen molar-refractivity contribution in [2.75, 3.05) is 11.4 Å². The van der Waals surface area contributed by atoms with E-state index in [1.165, 1.54) is 29.7 Å². The zero-order chi connectivity index (χ0) is 27.6. The molecule has 0 bridgehead atoms. The third kappa shape index (κ3) is 5.42. The minimum Gasteiger partial charge on any atom is -0.305 e. The first kappa shape index (κ1) is 26.9. The van der Waals surface area contributed by atoms with Crippen LogP contribution < -0.4 is 4.90 Å². The predicted molar refractivity (Wildman–Crippen MR) is 143 cm³/mol. The van der Waals surface area contributed by atoms with Crippen molar-refractivity contribution in [2.45, 2.75) is 61.9 Å². The number of pyridine rings is 1. The molecule has 0 unspecified atom stereocenters. The summed E-state index contributed by atoms with van der Waals surface area (Å²) in [6.07, 6.45) is 8.11. The van der Waals surface area contributed by atoms with Gasteiger partial charge in [-0.2, -0.15) is 4.31 Å². The van der Waals surface area contributed by atoms with Crippen LogP contribution in [-0.2, 0) is 21.4 Å². The van der Waals surface area contributed by atoms with E-state index < -0.39 is 44.2 Å². The monoisotopic (exact) mass is 550 g/mol. The van der Waals surface area contributed by atoms with Crippen LogP contribution in [0, 0.1) is 18.2 Å². The molecular formula is C29H28F2N4O3S. The Morgan fingerprint density at radius 1 is 1.03 bits per heavy atom. The van der Waals surface area contributed by atoms with Crippen molar-refractivity contribution in [1.82, 2.24) is 9.29 Å². The molecular weight excluding hydrogens is 522 g/mol. The van der Waals surface area contributed by atoms with Gasteiger partial charge in [0.15, 0.2) is 5.82 Å². The molecule has 2 aromatic carbocycles.